The summed E-state index contributed by atoms with van der Waals surface area (Å²) in [6, 6.07) is 7.79. The number of hydrogen-bond acceptors (Lipinski definition) is 6. The van der Waals surface area contributed by atoms with E-state index in [1.165, 1.54) is 18.3 Å². The summed E-state index contributed by atoms with van der Waals surface area (Å²) in [5, 5.41) is 1.48. The lowest BCUT2D eigenvalue weighted by atomic mass is 10.2. The first-order valence-electron chi connectivity index (χ1n) is 9.61. The summed E-state index contributed by atoms with van der Waals surface area (Å²) in [5.41, 5.74) is 0.684. The molecule has 0 saturated carbocycles. The van der Waals surface area contributed by atoms with Crippen molar-refractivity contribution in [3.8, 4) is 0 Å². The lowest BCUT2D eigenvalue weighted by molar-refractivity contribution is -0.144. The molecule has 2 aromatic heterocycles. The van der Waals surface area contributed by atoms with E-state index in [-0.39, 0.29) is 23.2 Å². The quantitative estimate of drug-likeness (QED) is 0.254. The SMILES string of the molecule is CCCCOC(=O)CN(Cc1ccncc1)S(=O)(=O)c1ccc2c(Cl)cnc(Cl)c2c1. The van der Waals surface area contributed by atoms with Crippen LogP contribution in [0.5, 0.6) is 0 Å². The first-order valence-corrected chi connectivity index (χ1v) is 11.8. The summed E-state index contributed by atoms with van der Waals surface area (Å²) < 4.78 is 33.2. The molecule has 0 spiro atoms. The molecule has 0 aliphatic rings. The Morgan fingerprint density at radius 3 is 2.58 bits per heavy atom. The van der Waals surface area contributed by atoms with Gasteiger partial charge in [0.15, 0.2) is 0 Å². The maximum atomic E-state index is 13.4. The normalized spacial score (nSPS) is 11.7. The predicted octanol–water partition coefficient (Wildman–Crippen LogP) is 4.47. The summed E-state index contributed by atoms with van der Waals surface area (Å²) >= 11 is 12.3. The van der Waals surface area contributed by atoms with Crippen molar-refractivity contribution in [3.63, 3.8) is 0 Å². The zero-order chi connectivity index (χ0) is 22.4. The van der Waals surface area contributed by atoms with E-state index in [0.717, 1.165) is 10.7 Å². The fourth-order valence-corrected chi connectivity index (χ4v) is 4.72. The Labute approximate surface area is 191 Å². The van der Waals surface area contributed by atoms with Crippen LogP contribution in [0.1, 0.15) is 25.3 Å². The Bertz CT molecular complexity index is 1170. The Morgan fingerprint density at radius 1 is 1.13 bits per heavy atom. The molecule has 10 heteroatoms. The summed E-state index contributed by atoms with van der Waals surface area (Å²) in [5.74, 6) is -0.616. The molecular weight excluding hydrogens is 461 g/mol. The maximum absolute atomic E-state index is 13.4. The molecule has 0 bridgehead atoms. The average Bonchev–Trinajstić information content (AvgIpc) is 2.76. The molecule has 3 aromatic rings. The molecule has 7 nitrogen and oxygen atoms in total. The minimum atomic E-state index is -4.06. The van der Waals surface area contributed by atoms with E-state index >= 15 is 0 Å². The number of carbonyl (C=O) groups excluding carboxylic acids is 1. The highest BCUT2D eigenvalue weighted by Crippen LogP contribution is 2.31. The summed E-state index contributed by atoms with van der Waals surface area (Å²) in [6.45, 7) is 1.77. The minimum absolute atomic E-state index is 0.0205. The maximum Gasteiger partial charge on any atom is 0.321 e. The van der Waals surface area contributed by atoms with Crippen LogP contribution in [-0.4, -0.2) is 41.8 Å². The highest BCUT2D eigenvalue weighted by molar-refractivity contribution is 7.89. The number of esters is 1. The van der Waals surface area contributed by atoms with Crippen molar-refractivity contribution in [2.24, 2.45) is 0 Å². The highest BCUT2D eigenvalue weighted by atomic mass is 35.5. The van der Waals surface area contributed by atoms with Crippen LogP contribution >= 0.6 is 23.2 Å². The topological polar surface area (TPSA) is 89.5 Å². The fourth-order valence-electron chi connectivity index (χ4n) is 2.90. The monoisotopic (exact) mass is 481 g/mol. The second kappa shape index (κ2) is 10.4. The van der Waals surface area contributed by atoms with E-state index in [4.69, 9.17) is 27.9 Å². The molecule has 0 atom stereocenters. The fraction of sp³-hybridized carbons (Fsp3) is 0.286. The minimum Gasteiger partial charge on any atom is -0.465 e. The Morgan fingerprint density at radius 2 is 1.87 bits per heavy atom. The van der Waals surface area contributed by atoms with Crippen molar-refractivity contribution in [1.29, 1.82) is 0 Å². The highest BCUT2D eigenvalue weighted by Gasteiger charge is 2.28. The van der Waals surface area contributed by atoms with E-state index in [0.29, 0.717) is 27.8 Å². The zero-order valence-electron chi connectivity index (χ0n) is 16.8. The zero-order valence-corrected chi connectivity index (χ0v) is 19.1. The standard InChI is InChI=1S/C21H21Cl2N3O4S/c1-2-3-10-30-20(27)14-26(13-15-6-8-24-9-7-15)31(28,29)16-4-5-17-18(11-16)21(23)25-12-19(17)22/h4-9,11-12H,2-3,10,13-14H2,1H3. The van der Waals surface area contributed by atoms with Crippen LogP contribution in [0.3, 0.4) is 0 Å². The van der Waals surface area contributed by atoms with Crippen molar-refractivity contribution in [2.75, 3.05) is 13.2 Å². The lowest BCUT2D eigenvalue weighted by Gasteiger charge is -2.22. The Balaban J connectivity index is 1.97. The van der Waals surface area contributed by atoms with Crippen molar-refractivity contribution < 1.29 is 17.9 Å². The number of pyridine rings is 2. The van der Waals surface area contributed by atoms with Gasteiger partial charge < -0.3 is 4.74 Å². The van der Waals surface area contributed by atoms with E-state index < -0.39 is 22.5 Å². The van der Waals surface area contributed by atoms with Crippen molar-refractivity contribution in [1.82, 2.24) is 14.3 Å². The van der Waals surface area contributed by atoms with Crippen LogP contribution in [0, 0.1) is 0 Å². The van der Waals surface area contributed by atoms with E-state index in [1.807, 2.05) is 6.92 Å². The van der Waals surface area contributed by atoms with Gasteiger partial charge in [-0.2, -0.15) is 4.31 Å². The molecular formula is C21H21Cl2N3O4S. The van der Waals surface area contributed by atoms with E-state index in [9.17, 15) is 13.2 Å². The van der Waals surface area contributed by atoms with Crippen LogP contribution in [0.2, 0.25) is 10.2 Å². The molecule has 0 amide bonds. The molecule has 0 aliphatic heterocycles. The molecule has 164 valence electrons. The lowest BCUT2D eigenvalue weighted by Crippen LogP contribution is -2.36. The average molecular weight is 482 g/mol. The summed E-state index contributed by atoms with van der Waals surface area (Å²) in [6.07, 6.45) is 6.09. The van der Waals surface area contributed by atoms with Crippen molar-refractivity contribution >= 4 is 50.0 Å². The predicted molar refractivity (Wildman–Crippen MR) is 119 cm³/mol. The number of ether oxygens (including phenoxy) is 1. The number of halogens is 2. The molecule has 0 unspecified atom stereocenters. The molecule has 31 heavy (non-hydrogen) atoms. The molecule has 0 aliphatic carbocycles. The summed E-state index contributed by atoms with van der Waals surface area (Å²) in [7, 11) is -4.06. The first kappa shape index (κ1) is 23.4. The number of rotatable bonds is 9. The molecule has 0 saturated heterocycles. The Hall–Kier alpha value is -2.26. The van der Waals surface area contributed by atoms with E-state index in [1.54, 1.807) is 30.6 Å². The van der Waals surface area contributed by atoms with Crippen LogP contribution < -0.4 is 0 Å². The van der Waals surface area contributed by atoms with Gasteiger partial charge in [-0.15, -0.1) is 0 Å². The van der Waals surface area contributed by atoms with Gasteiger partial charge in [-0.1, -0.05) is 42.6 Å². The molecule has 2 heterocycles. The largest absolute Gasteiger partial charge is 0.465 e. The molecule has 0 N–H and O–H groups in total. The van der Waals surface area contributed by atoms with Crippen LogP contribution in [-0.2, 0) is 26.1 Å². The van der Waals surface area contributed by atoms with E-state index in [2.05, 4.69) is 9.97 Å². The molecule has 1 aromatic carbocycles. The Kier molecular flexibility index (Phi) is 7.83. The van der Waals surface area contributed by atoms with Gasteiger partial charge in [0.1, 0.15) is 11.7 Å². The third kappa shape index (κ3) is 5.71. The van der Waals surface area contributed by atoms with Gasteiger partial charge in [-0.25, -0.2) is 13.4 Å². The number of sulfonamides is 1. The second-order valence-corrected chi connectivity index (χ2v) is 9.51. The van der Waals surface area contributed by atoms with Gasteiger partial charge >= 0.3 is 5.97 Å². The molecule has 3 rings (SSSR count). The van der Waals surface area contributed by atoms with Crippen LogP contribution in [0.15, 0.2) is 53.8 Å². The van der Waals surface area contributed by atoms with Gasteiger partial charge in [-0.05, 0) is 36.2 Å². The van der Waals surface area contributed by atoms with Crippen molar-refractivity contribution in [2.45, 2.75) is 31.2 Å². The smallest absolute Gasteiger partial charge is 0.321 e. The number of benzene rings is 1. The van der Waals surface area contributed by atoms with Gasteiger partial charge in [-0.3, -0.25) is 9.78 Å². The van der Waals surface area contributed by atoms with Gasteiger partial charge in [0, 0.05) is 35.9 Å². The van der Waals surface area contributed by atoms with Crippen molar-refractivity contribution in [3.05, 3.63) is 64.7 Å². The van der Waals surface area contributed by atoms with Crippen LogP contribution in [0.4, 0.5) is 0 Å². The number of hydrogen-bond donors (Lipinski definition) is 0. The number of fused-ring (bicyclic) bond motifs is 1. The van der Waals surface area contributed by atoms with Crippen LogP contribution in [0.25, 0.3) is 10.8 Å². The molecule has 0 fully saturated rings. The third-order valence-corrected chi connectivity index (χ3v) is 6.96. The summed E-state index contributed by atoms with van der Waals surface area (Å²) in [4.78, 5) is 20.2. The number of unbranched alkanes of at least 4 members (excludes halogenated alkanes) is 1. The number of nitrogens with zero attached hydrogens (tertiary/aromatic N) is 3. The number of carbonyl (C=O) groups is 1. The second-order valence-electron chi connectivity index (χ2n) is 6.81. The van der Waals surface area contributed by atoms with Gasteiger partial charge in [0.2, 0.25) is 10.0 Å². The molecule has 0 radical (unpaired) electrons. The number of aromatic nitrogens is 2. The van der Waals surface area contributed by atoms with Gasteiger partial charge in [0.05, 0.1) is 16.5 Å². The first-order chi connectivity index (χ1) is 14.8. The van der Waals surface area contributed by atoms with Gasteiger partial charge in [0.25, 0.3) is 0 Å². The third-order valence-electron chi connectivity index (χ3n) is 4.57.